The van der Waals surface area contributed by atoms with Crippen LogP contribution in [0.5, 0.6) is 0 Å². The van der Waals surface area contributed by atoms with Crippen LogP contribution in [0.15, 0.2) is 212 Å². The summed E-state index contributed by atoms with van der Waals surface area (Å²) in [5.41, 5.74) is 18.3. The molecule has 0 atom stereocenters. The molecule has 0 spiro atoms. The number of fused-ring (bicyclic) bond motifs is 13. The number of benzene rings is 9. The molecule has 0 saturated heterocycles. The Bertz CT molecular complexity index is 4070. The number of hydrogen-bond acceptors (Lipinski definition) is 2. The average molecular weight is 844 g/mol. The predicted molar refractivity (Wildman–Crippen MR) is 273 cm³/mol. The van der Waals surface area contributed by atoms with Crippen LogP contribution < -0.4 is 0 Å². The van der Waals surface area contributed by atoms with Gasteiger partial charge in [0.2, 0.25) is 5.95 Å². The Morgan fingerprint density at radius 2 is 0.788 bits per heavy atom. The van der Waals surface area contributed by atoms with Gasteiger partial charge < -0.3 is 9.13 Å². The SMILES string of the molecule is CC1(C)c2ccccc2-c2cc(-n3c4ccccc4c4c5c6ccccc6n(-c6ccc7c(c6)c6ccccc6n7-c6nc(-c7ccccc7)cc(-c7ccccc7)n6)c5ccc43)ccc21. The molecule has 66 heavy (non-hydrogen) atoms. The zero-order valence-corrected chi connectivity index (χ0v) is 36.4. The third kappa shape index (κ3) is 5.16. The van der Waals surface area contributed by atoms with Crippen molar-refractivity contribution in [2.45, 2.75) is 19.3 Å². The summed E-state index contributed by atoms with van der Waals surface area (Å²) in [6.45, 7) is 4.70. The number of rotatable bonds is 5. The molecule has 13 aromatic rings. The molecule has 0 amide bonds. The summed E-state index contributed by atoms with van der Waals surface area (Å²) in [7, 11) is 0. The van der Waals surface area contributed by atoms with E-state index in [-0.39, 0.29) is 5.41 Å². The van der Waals surface area contributed by atoms with Crippen molar-refractivity contribution in [2.75, 3.05) is 0 Å². The van der Waals surface area contributed by atoms with E-state index in [0.29, 0.717) is 5.95 Å². The molecule has 14 rings (SSSR count). The first-order valence-corrected chi connectivity index (χ1v) is 22.8. The van der Waals surface area contributed by atoms with E-state index in [1.165, 1.54) is 71.6 Å². The van der Waals surface area contributed by atoms with E-state index in [9.17, 15) is 0 Å². The van der Waals surface area contributed by atoms with Gasteiger partial charge in [-0.05, 0) is 89.0 Å². The van der Waals surface area contributed by atoms with Crippen LogP contribution in [0.4, 0.5) is 0 Å². The predicted octanol–water partition coefficient (Wildman–Crippen LogP) is 15.4. The van der Waals surface area contributed by atoms with E-state index in [2.05, 4.69) is 228 Å². The molecule has 310 valence electrons. The minimum absolute atomic E-state index is 0.0513. The number of para-hydroxylation sites is 3. The van der Waals surface area contributed by atoms with Crippen LogP contribution in [0.2, 0.25) is 0 Å². The van der Waals surface area contributed by atoms with E-state index < -0.39 is 0 Å². The topological polar surface area (TPSA) is 40.6 Å². The molecule has 0 bridgehead atoms. The highest BCUT2D eigenvalue weighted by atomic mass is 15.2. The van der Waals surface area contributed by atoms with Crippen LogP contribution in [0, 0.1) is 0 Å². The fourth-order valence-electron chi connectivity index (χ4n) is 11.3. The normalized spacial score (nSPS) is 13.1. The number of hydrogen-bond donors (Lipinski definition) is 0. The first-order valence-electron chi connectivity index (χ1n) is 22.8. The Morgan fingerprint density at radius 1 is 0.333 bits per heavy atom. The maximum Gasteiger partial charge on any atom is 0.235 e. The molecule has 0 radical (unpaired) electrons. The summed E-state index contributed by atoms with van der Waals surface area (Å²) in [5, 5.41) is 7.29. The van der Waals surface area contributed by atoms with Crippen LogP contribution in [0.3, 0.4) is 0 Å². The number of nitrogens with zero attached hydrogens (tertiary/aromatic N) is 5. The monoisotopic (exact) mass is 843 g/mol. The Morgan fingerprint density at radius 3 is 1.41 bits per heavy atom. The molecule has 0 aliphatic heterocycles. The summed E-state index contributed by atoms with van der Waals surface area (Å²) >= 11 is 0. The van der Waals surface area contributed by atoms with E-state index >= 15 is 0 Å². The minimum Gasteiger partial charge on any atom is -0.309 e. The molecule has 5 nitrogen and oxygen atoms in total. The van der Waals surface area contributed by atoms with Gasteiger partial charge in [0.1, 0.15) is 0 Å². The molecule has 4 aromatic heterocycles. The second kappa shape index (κ2) is 13.7. The van der Waals surface area contributed by atoms with Gasteiger partial charge in [0, 0.05) is 60.2 Å². The largest absolute Gasteiger partial charge is 0.309 e. The van der Waals surface area contributed by atoms with Gasteiger partial charge in [-0.3, -0.25) is 4.57 Å². The van der Waals surface area contributed by atoms with E-state index in [0.717, 1.165) is 50.0 Å². The highest BCUT2D eigenvalue weighted by molar-refractivity contribution is 6.29. The molecule has 5 heteroatoms. The minimum atomic E-state index is -0.0513. The van der Waals surface area contributed by atoms with Gasteiger partial charge in [-0.25, -0.2) is 9.97 Å². The maximum absolute atomic E-state index is 5.28. The van der Waals surface area contributed by atoms with Crippen LogP contribution >= 0.6 is 0 Å². The van der Waals surface area contributed by atoms with Crippen molar-refractivity contribution in [3.63, 3.8) is 0 Å². The quantitative estimate of drug-likeness (QED) is 0.173. The van der Waals surface area contributed by atoms with Crippen LogP contribution in [-0.4, -0.2) is 23.7 Å². The zero-order chi connectivity index (χ0) is 43.7. The van der Waals surface area contributed by atoms with Gasteiger partial charge in [0.25, 0.3) is 0 Å². The van der Waals surface area contributed by atoms with Gasteiger partial charge in [-0.1, -0.05) is 159 Å². The summed E-state index contributed by atoms with van der Waals surface area (Å²) < 4.78 is 7.16. The molecule has 0 fully saturated rings. The van der Waals surface area contributed by atoms with E-state index in [1.54, 1.807) is 0 Å². The van der Waals surface area contributed by atoms with Crippen LogP contribution in [-0.2, 0) is 5.41 Å². The lowest BCUT2D eigenvalue weighted by molar-refractivity contribution is 0.660. The second-order valence-electron chi connectivity index (χ2n) is 18.2. The van der Waals surface area contributed by atoms with Gasteiger partial charge in [-0.2, -0.15) is 0 Å². The maximum atomic E-state index is 5.28. The first kappa shape index (κ1) is 36.9. The van der Waals surface area contributed by atoms with E-state index in [4.69, 9.17) is 9.97 Å². The molecule has 0 unspecified atom stereocenters. The Kier molecular flexibility index (Phi) is 7.68. The summed E-state index contributed by atoms with van der Waals surface area (Å²) in [6.07, 6.45) is 0. The van der Waals surface area contributed by atoms with Gasteiger partial charge in [-0.15, -0.1) is 0 Å². The van der Waals surface area contributed by atoms with Crippen LogP contribution in [0.1, 0.15) is 25.0 Å². The summed E-state index contributed by atoms with van der Waals surface area (Å²) in [6, 6.07) is 76.9. The second-order valence-corrected chi connectivity index (χ2v) is 18.2. The van der Waals surface area contributed by atoms with Crippen molar-refractivity contribution in [3.05, 3.63) is 223 Å². The van der Waals surface area contributed by atoms with Crippen LogP contribution in [0.25, 0.3) is 116 Å². The molecule has 4 heterocycles. The fraction of sp³-hybridized carbons (Fsp3) is 0.0492. The Balaban J connectivity index is 0.992. The van der Waals surface area contributed by atoms with Gasteiger partial charge in [0.05, 0.1) is 44.5 Å². The van der Waals surface area contributed by atoms with Crippen molar-refractivity contribution in [1.82, 2.24) is 23.7 Å². The third-order valence-electron chi connectivity index (χ3n) is 14.3. The van der Waals surface area contributed by atoms with Crippen molar-refractivity contribution in [2.24, 2.45) is 0 Å². The van der Waals surface area contributed by atoms with Crippen molar-refractivity contribution < 1.29 is 0 Å². The van der Waals surface area contributed by atoms with Gasteiger partial charge in [0.15, 0.2) is 0 Å². The standard InChI is InChI=1S/C61H41N5/c1-61(2)48-25-13-9-21-42(48)46-35-40(29-31-49(46)61)64-53-27-15-11-23-44(53)58-56(64)33-34-57-59(58)45-24-12-16-28-54(45)65(57)41-30-32-55-47(36-41)43-22-10-14-26-52(43)66(55)60-62-50(38-17-5-3-6-18-38)37-51(63-60)39-19-7-4-8-20-39/h3-37H,1-2H3. The molecule has 1 aliphatic carbocycles. The van der Waals surface area contributed by atoms with Crippen molar-refractivity contribution in [1.29, 1.82) is 0 Å². The lowest BCUT2D eigenvalue weighted by atomic mass is 9.82. The molecule has 0 saturated carbocycles. The fourth-order valence-corrected chi connectivity index (χ4v) is 11.3. The lowest BCUT2D eigenvalue weighted by Crippen LogP contribution is -2.14. The van der Waals surface area contributed by atoms with Crippen molar-refractivity contribution in [3.8, 4) is 51.0 Å². The highest BCUT2D eigenvalue weighted by Gasteiger charge is 2.35. The van der Waals surface area contributed by atoms with Gasteiger partial charge >= 0.3 is 0 Å². The highest BCUT2D eigenvalue weighted by Crippen LogP contribution is 2.50. The molecular formula is C61H41N5. The van der Waals surface area contributed by atoms with E-state index in [1.807, 2.05) is 12.1 Å². The summed E-state index contributed by atoms with van der Waals surface area (Å²) in [4.78, 5) is 10.6. The Hall–Kier alpha value is -8.54. The third-order valence-corrected chi connectivity index (χ3v) is 14.3. The lowest BCUT2D eigenvalue weighted by Gasteiger charge is -2.21. The smallest absolute Gasteiger partial charge is 0.235 e. The Labute approximate surface area is 381 Å². The first-order chi connectivity index (χ1) is 32.5. The molecule has 0 N–H and O–H groups in total. The molecular weight excluding hydrogens is 803 g/mol. The zero-order valence-electron chi connectivity index (χ0n) is 36.4. The molecule has 1 aliphatic rings. The number of aromatic nitrogens is 5. The molecule has 9 aromatic carbocycles. The van der Waals surface area contributed by atoms with Crippen molar-refractivity contribution >= 4 is 65.4 Å². The average Bonchev–Trinajstić information content (AvgIpc) is 4.07. The summed E-state index contributed by atoms with van der Waals surface area (Å²) in [5.74, 6) is 0.640.